The van der Waals surface area contributed by atoms with Crippen LogP contribution < -0.4 is 0 Å². The molecule has 0 radical (unpaired) electrons. The molecule has 0 bridgehead atoms. The fourth-order valence-corrected chi connectivity index (χ4v) is 2.60. The summed E-state index contributed by atoms with van der Waals surface area (Å²) in [4.78, 5) is 0. The molecule has 0 amide bonds. The van der Waals surface area contributed by atoms with Crippen LogP contribution in [-0.2, 0) is 14.0 Å². The normalized spacial score (nSPS) is 44.1. The Balaban J connectivity index is 2.30. The van der Waals surface area contributed by atoms with E-state index in [1.54, 1.807) is 0 Å². The van der Waals surface area contributed by atoms with Crippen LogP contribution in [0.5, 0.6) is 0 Å². The molecule has 0 saturated carbocycles. The van der Waals surface area contributed by atoms with Gasteiger partial charge in [-0.3, -0.25) is 0 Å². The molecule has 2 rings (SSSR count). The molecule has 4 heteroatoms. The third kappa shape index (κ3) is 1.09. The minimum absolute atomic E-state index is 0.0798. The highest BCUT2D eigenvalue weighted by molar-refractivity contribution is 6.43. The van der Waals surface area contributed by atoms with E-state index in [0.717, 1.165) is 12.8 Å². The number of ether oxygens (including phenoxy) is 1. The summed E-state index contributed by atoms with van der Waals surface area (Å²) in [6, 6.07) is 0. The zero-order valence-corrected chi connectivity index (χ0v) is 8.63. The first-order chi connectivity index (χ1) is 6.18. The number of rotatable bonds is 2. The van der Waals surface area contributed by atoms with E-state index in [0.29, 0.717) is 13.2 Å². The summed E-state index contributed by atoms with van der Waals surface area (Å²) in [6.45, 7) is 7.61. The number of hydrogen-bond donors (Lipinski definition) is 0. The van der Waals surface area contributed by atoms with Crippen molar-refractivity contribution in [1.82, 2.24) is 0 Å². The van der Waals surface area contributed by atoms with E-state index in [1.807, 2.05) is 6.82 Å². The molecule has 74 valence electrons. The molecule has 3 nitrogen and oxygen atoms in total. The first kappa shape index (κ1) is 9.50. The first-order valence-corrected chi connectivity index (χ1v) is 5.11. The Morgan fingerprint density at radius 2 is 1.54 bits per heavy atom. The van der Waals surface area contributed by atoms with Crippen LogP contribution in [0.1, 0.15) is 26.7 Å². The van der Waals surface area contributed by atoms with Crippen LogP contribution in [0, 0.1) is 0 Å². The highest BCUT2D eigenvalue weighted by atomic mass is 16.7. The van der Waals surface area contributed by atoms with Gasteiger partial charge in [-0.2, -0.15) is 0 Å². The molecule has 2 unspecified atom stereocenters. The number of hydrogen-bond acceptors (Lipinski definition) is 3. The van der Waals surface area contributed by atoms with E-state index in [2.05, 4.69) is 13.8 Å². The SMILES string of the molecule is CCC12COCC1(CC)OB(C)O2. The Bertz CT molecular complexity index is 191. The van der Waals surface area contributed by atoms with Gasteiger partial charge in [0.25, 0.3) is 0 Å². The van der Waals surface area contributed by atoms with Gasteiger partial charge in [-0.1, -0.05) is 13.8 Å². The molecule has 13 heavy (non-hydrogen) atoms. The van der Waals surface area contributed by atoms with Crippen LogP contribution in [0.2, 0.25) is 6.82 Å². The molecule has 2 atom stereocenters. The Kier molecular flexibility index (Phi) is 2.17. The molecule has 0 aromatic rings. The molecule has 0 spiro atoms. The fourth-order valence-electron chi connectivity index (χ4n) is 2.60. The van der Waals surface area contributed by atoms with Crippen LogP contribution in [0.25, 0.3) is 0 Å². The molecule has 0 aromatic carbocycles. The van der Waals surface area contributed by atoms with Crippen LogP contribution in [0.4, 0.5) is 0 Å². The summed E-state index contributed by atoms with van der Waals surface area (Å²) < 4.78 is 17.2. The summed E-state index contributed by atoms with van der Waals surface area (Å²) in [5.41, 5.74) is -0.359. The summed E-state index contributed by atoms with van der Waals surface area (Å²) in [7, 11) is -0.0798. The standard InChI is InChI=1S/C9H17BO3/c1-4-8-6-11-7-9(8,5-2)13-10(3)12-8/h4-7H2,1-3H3. The van der Waals surface area contributed by atoms with Crippen molar-refractivity contribution in [2.75, 3.05) is 13.2 Å². The smallest absolute Gasteiger partial charge is 0.400 e. The van der Waals surface area contributed by atoms with Gasteiger partial charge in [0, 0.05) is 0 Å². The number of fused-ring (bicyclic) bond motifs is 1. The zero-order chi connectivity index (χ0) is 9.53. The quantitative estimate of drug-likeness (QED) is 0.608. The maximum Gasteiger partial charge on any atom is 0.454 e. The highest BCUT2D eigenvalue weighted by Gasteiger charge is 2.62. The van der Waals surface area contributed by atoms with Gasteiger partial charge in [-0.15, -0.1) is 0 Å². The van der Waals surface area contributed by atoms with Gasteiger partial charge in [0.2, 0.25) is 0 Å². The second-order valence-corrected chi connectivity index (χ2v) is 3.99. The predicted molar refractivity (Wildman–Crippen MR) is 50.7 cm³/mol. The average Bonchev–Trinajstić information content (AvgIpc) is 2.56. The third-order valence-electron chi connectivity index (χ3n) is 3.43. The minimum atomic E-state index is -0.179. The van der Waals surface area contributed by atoms with Crippen molar-refractivity contribution < 1.29 is 14.0 Å². The Hall–Kier alpha value is -0.0551. The Morgan fingerprint density at radius 3 is 1.92 bits per heavy atom. The minimum Gasteiger partial charge on any atom is -0.400 e. The van der Waals surface area contributed by atoms with Crippen LogP contribution in [0.3, 0.4) is 0 Å². The molecular weight excluding hydrogens is 167 g/mol. The van der Waals surface area contributed by atoms with Crippen LogP contribution >= 0.6 is 0 Å². The maximum absolute atomic E-state index is 5.87. The van der Waals surface area contributed by atoms with E-state index in [1.165, 1.54) is 0 Å². The fraction of sp³-hybridized carbons (Fsp3) is 1.00. The molecule has 0 N–H and O–H groups in total. The predicted octanol–water partition coefficient (Wildman–Crippen LogP) is 1.48. The van der Waals surface area contributed by atoms with Crippen LogP contribution in [-0.4, -0.2) is 31.5 Å². The largest absolute Gasteiger partial charge is 0.454 e. The van der Waals surface area contributed by atoms with E-state index < -0.39 is 0 Å². The second-order valence-electron chi connectivity index (χ2n) is 3.99. The van der Waals surface area contributed by atoms with Crippen molar-refractivity contribution in [1.29, 1.82) is 0 Å². The lowest BCUT2D eigenvalue weighted by Gasteiger charge is -2.35. The van der Waals surface area contributed by atoms with E-state index in [-0.39, 0.29) is 18.3 Å². The van der Waals surface area contributed by atoms with Gasteiger partial charge < -0.3 is 14.0 Å². The maximum atomic E-state index is 5.87. The van der Waals surface area contributed by atoms with Gasteiger partial charge in [-0.25, -0.2) is 0 Å². The summed E-state index contributed by atoms with van der Waals surface area (Å²) in [5.74, 6) is 0. The monoisotopic (exact) mass is 184 g/mol. The molecule has 2 heterocycles. The molecular formula is C9H17BO3. The third-order valence-corrected chi connectivity index (χ3v) is 3.43. The lowest BCUT2D eigenvalue weighted by atomic mass is 9.82. The Morgan fingerprint density at radius 1 is 1.08 bits per heavy atom. The molecule has 2 saturated heterocycles. The van der Waals surface area contributed by atoms with Crippen molar-refractivity contribution >= 4 is 7.12 Å². The molecule has 0 aromatic heterocycles. The van der Waals surface area contributed by atoms with Crippen molar-refractivity contribution in [2.24, 2.45) is 0 Å². The Labute approximate surface area is 79.9 Å². The van der Waals surface area contributed by atoms with Crippen molar-refractivity contribution in [3.8, 4) is 0 Å². The summed E-state index contributed by atoms with van der Waals surface area (Å²) in [6.07, 6.45) is 1.93. The second kappa shape index (κ2) is 2.97. The van der Waals surface area contributed by atoms with Gasteiger partial charge in [0.05, 0.1) is 13.2 Å². The van der Waals surface area contributed by atoms with Gasteiger partial charge in [-0.05, 0) is 19.7 Å². The highest BCUT2D eigenvalue weighted by Crippen LogP contribution is 2.46. The van der Waals surface area contributed by atoms with Crippen molar-refractivity contribution in [2.45, 2.75) is 44.7 Å². The van der Waals surface area contributed by atoms with Gasteiger partial charge in [0.15, 0.2) is 0 Å². The lowest BCUT2D eigenvalue weighted by Crippen LogP contribution is -2.49. The van der Waals surface area contributed by atoms with Gasteiger partial charge in [0.1, 0.15) is 11.2 Å². The molecule has 0 aliphatic carbocycles. The molecule has 2 fully saturated rings. The summed E-state index contributed by atoms with van der Waals surface area (Å²) >= 11 is 0. The van der Waals surface area contributed by atoms with Crippen molar-refractivity contribution in [3.63, 3.8) is 0 Å². The van der Waals surface area contributed by atoms with Crippen LogP contribution in [0.15, 0.2) is 0 Å². The van der Waals surface area contributed by atoms with E-state index in [4.69, 9.17) is 14.0 Å². The summed E-state index contributed by atoms with van der Waals surface area (Å²) in [5, 5.41) is 0. The van der Waals surface area contributed by atoms with Crippen molar-refractivity contribution in [3.05, 3.63) is 0 Å². The lowest BCUT2D eigenvalue weighted by molar-refractivity contribution is -0.0120. The van der Waals surface area contributed by atoms with Gasteiger partial charge >= 0.3 is 7.12 Å². The van der Waals surface area contributed by atoms with E-state index >= 15 is 0 Å². The first-order valence-electron chi connectivity index (χ1n) is 5.11. The zero-order valence-electron chi connectivity index (χ0n) is 8.63. The van der Waals surface area contributed by atoms with E-state index in [9.17, 15) is 0 Å². The molecule has 2 aliphatic heterocycles. The average molecular weight is 184 g/mol. The topological polar surface area (TPSA) is 27.7 Å². The molecule has 2 aliphatic rings.